The number of halogens is 1. The average molecular weight is 480 g/mol. The van der Waals surface area contributed by atoms with E-state index in [4.69, 9.17) is 9.47 Å². The minimum absolute atomic E-state index is 0.166. The third-order valence-corrected chi connectivity index (χ3v) is 5.82. The molecule has 1 aromatic heterocycles. The molecular formula is C23H30FN3O5S. The minimum atomic E-state index is -0.567. The third kappa shape index (κ3) is 8.82. The lowest BCUT2D eigenvalue weighted by molar-refractivity contribution is -0.141. The van der Waals surface area contributed by atoms with Crippen LogP contribution in [0.1, 0.15) is 22.9 Å². The fraction of sp³-hybridized carbons (Fsp3) is 0.435. The fourth-order valence-electron chi connectivity index (χ4n) is 2.97. The summed E-state index contributed by atoms with van der Waals surface area (Å²) in [6.45, 7) is 4.37. The molecule has 33 heavy (non-hydrogen) atoms. The molecule has 1 N–H and O–H groups in total. The SMILES string of the molecule is CCOC(=O)CNC(=O)N(CCOC)CC(=O)N(Cc1ccc(F)cc1)Cc1sccc1C. The van der Waals surface area contributed by atoms with Gasteiger partial charge in [0.15, 0.2) is 0 Å². The number of ether oxygens (including phenoxy) is 2. The van der Waals surface area contributed by atoms with E-state index in [0.717, 1.165) is 16.0 Å². The van der Waals surface area contributed by atoms with Gasteiger partial charge in [-0.25, -0.2) is 9.18 Å². The normalized spacial score (nSPS) is 10.5. The van der Waals surface area contributed by atoms with Crippen molar-refractivity contribution in [3.8, 4) is 0 Å². The van der Waals surface area contributed by atoms with Gasteiger partial charge in [-0.2, -0.15) is 0 Å². The number of urea groups is 1. The fourth-order valence-corrected chi connectivity index (χ4v) is 3.89. The van der Waals surface area contributed by atoms with Crippen molar-refractivity contribution in [3.63, 3.8) is 0 Å². The second kappa shape index (κ2) is 13.5. The number of aryl methyl sites for hydroxylation is 1. The Morgan fingerprint density at radius 1 is 1.09 bits per heavy atom. The van der Waals surface area contributed by atoms with E-state index in [1.165, 1.54) is 24.1 Å². The monoisotopic (exact) mass is 479 g/mol. The van der Waals surface area contributed by atoms with Crippen molar-refractivity contribution >= 4 is 29.2 Å². The maximum Gasteiger partial charge on any atom is 0.325 e. The van der Waals surface area contributed by atoms with Gasteiger partial charge >= 0.3 is 12.0 Å². The topological polar surface area (TPSA) is 88.2 Å². The van der Waals surface area contributed by atoms with Crippen LogP contribution >= 0.6 is 11.3 Å². The molecule has 2 aromatic rings. The lowest BCUT2D eigenvalue weighted by atomic mass is 10.2. The van der Waals surface area contributed by atoms with Gasteiger partial charge in [0.2, 0.25) is 5.91 Å². The Hall–Kier alpha value is -2.98. The quantitative estimate of drug-likeness (QED) is 0.473. The van der Waals surface area contributed by atoms with Gasteiger partial charge in [0.1, 0.15) is 18.9 Å². The summed E-state index contributed by atoms with van der Waals surface area (Å²) in [7, 11) is 1.50. The van der Waals surface area contributed by atoms with Gasteiger partial charge in [0.25, 0.3) is 0 Å². The number of carbonyl (C=O) groups is 3. The van der Waals surface area contributed by atoms with E-state index in [9.17, 15) is 18.8 Å². The van der Waals surface area contributed by atoms with E-state index in [1.807, 2.05) is 18.4 Å². The van der Waals surface area contributed by atoms with Crippen LogP contribution in [0.15, 0.2) is 35.7 Å². The van der Waals surface area contributed by atoms with Gasteiger partial charge in [-0.1, -0.05) is 12.1 Å². The molecule has 0 unspecified atom stereocenters. The number of thiophene rings is 1. The second-order valence-electron chi connectivity index (χ2n) is 7.28. The zero-order valence-electron chi connectivity index (χ0n) is 19.1. The minimum Gasteiger partial charge on any atom is -0.465 e. The number of esters is 1. The van der Waals surface area contributed by atoms with Gasteiger partial charge in [0, 0.05) is 25.1 Å². The molecule has 0 saturated heterocycles. The second-order valence-corrected chi connectivity index (χ2v) is 8.28. The molecule has 2 rings (SSSR count). The van der Waals surface area contributed by atoms with E-state index in [1.54, 1.807) is 35.3 Å². The number of hydrogen-bond acceptors (Lipinski definition) is 6. The summed E-state index contributed by atoms with van der Waals surface area (Å²) >= 11 is 1.55. The van der Waals surface area contributed by atoms with E-state index >= 15 is 0 Å². The summed E-state index contributed by atoms with van der Waals surface area (Å²) in [5, 5.41) is 4.43. The van der Waals surface area contributed by atoms with Crippen molar-refractivity contribution in [2.24, 2.45) is 0 Å². The van der Waals surface area contributed by atoms with Crippen LogP contribution in [0.2, 0.25) is 0 Å². The van der Waals surface area contributed by atoms with E-state index < -0.39 is 12.0 Å². The molecule has 0 radical (unpaired) electrons. The molecule has 3 amide bonds. The molecule has 1 aromatic carbocycles. The smallest absolute Gasteiger partial charge is 0.325 e. The first-order valence-electron chi connectivity index (χ1n) is 10.6. The zero-order chi connectivity index (χ0) is 24.2. The van der Waals surface area contributed by atoms with Crippen molar-refractivity contribution in [2.45, 2.75) is 26.9 Å². The van der Waals surface area contributed by atoms with Crippen molar-refractivity contribution in [1.29, 1.82) is 0 Å². The molecule has 0 aliphatic heterocycles. The van der Waals surface area contributed by atoms with Gasteiger partial charge in [0.05, 0.1) is 19.8 Å². The molecule has 0 fully saturated rings. The Morgan fingerprint density at radius 2 is 1.82 bits per heavy atom. The molecule has 0 saturated carbocycles. The molecule has 8 nitrogen and oxygen atoms in total. The van der Waals surface area contributed by atoms with Crippen LogP contribution in [-0.2, 0) is 32.2 Å². The maximum atomic E-state index is 13.3. The Balaban J connectivity index is 2.14. The number of rotatable bonds is 12. The van der Waals surface area contributed by atoms with Crippen LogP contribution in [0.5, 0.6) is 0 Å². The lowest BCUT2D eigenvalue weighted by Gasteiger charge is -2.28. The van der Waals surface area contributed by atoms with Crippen LogP contribution in [0.4, 0.5) is 9.18 Å². The zero-order valence-corrected chi connectivity index (χ0v) is 20.0. The van der Waals surface area contributed by atoms with E-state index in [0.29, 0.717) is 6.54 Å². The van der Waals surface area contributed by atoms with Crippen LogP contribution in [-0.4, -0.2) is 67.7 Å². The summed E-state index contributed by atoms with van der Waals surface area (Å²) in [6.07, 6.45) is 0. The summed E-state index contributed by atoms with van der Waals surface area (Å²) < 4.78 is 23.2. The van der Waals surface area contributed by atoms with Crippen molar-refractivity contribution in [2.75, 3.05) is 40.0 Å². The number of nitrogens with zero attached hydrogens (tertiary/aromatic N) is 2. The number of amides is 3. The van der Waals surface area contributed by atoms with Crippen LogP contribution in [0, 0.1) is 12.7 Å². The highest BCUT2D eigenvalue weighted by atomic mass is 32.1. The molecule has 0 bridgehead atoms. The van der Waals surface area contributed by atoms with Crippen molar-refractivity contribution in [1.82, 2.24) is 15.1 Å². The van der Waals surface area contributed by atoms with E-state index in [-0.39, 0.29) is 51.1 Å². The molecular weight excluding hydrogens is 449 g/mol. The average Bonchev–Trinajstić information content (AvgIpc) is 3.20. The largest absolute Gasteiger partial charge is 0.465 e. The predicted octanol–water partition coefficient (Wildman–Crippen LogP) is 2.95. The first kappa shape index (κ1) is 26.3. The molecule has 10 heteroatoms. The molecule has 0 aliphatic carbocycles. The third-order valence-electron chi connectivity index (χ3n) is 4.81. The molecule has 0 atom stereocenters. The first-order chi connectivity index (χ1) is 15.8. The van der Waals surface area contributed by atoms with Crippen molar-refractivity contribution in [3.05, 3.63) is 57.5 Å². The Labute approximate surface area is 197 Å². The van der Waals surface area contributed by atoms with Crippen LogP contribution in [0.3, 0.4) is 0 Å². The summed E-state index contributed by atoms with van der Waals surface area (Å²) in [6, 6.07) is 7.37. The number of carbonyl (C=O) groups excluding carboxylic acids is 3. The number of nitrogens with one attached hydrogen (secondary N) is 1. The van der Waals surface area contributed by atoms with Crippen LogP contribution < -0.4 is 5.32 Å². The van der Waals surface area contributed by atoms with Gasteiger partial charge in [-0.3, -0.25) is 9.59 Å². The summed E-state index contributed by atoms with van der Waals surface area (Å²) in [4.78, 5) is 41.4. The van der Waals surface area contributed by atoms with Crippen molar-refractivity contribution < 1.29 is 28.2 Å². The first-order valence-corrected chi connectivity index (χ1v) is 11.4. The van der Waals surface area contributed by atoms with Gasteiger partial charge < -0.3 is 24.6 Å². The molecule has 1 heterocycles. The number of methoxy groups -OCH3 is 1. The maximum absolute atomic E-state index is 13.3. The summed E-state index contributed by atoms with van der Waals surface area (Å²) in [5.74, 6) is -1.20. The Morgan fingerprint density at radius 3 is 2.42 bits per heavy atom. The molecule has 0 spiro atoms. The molecule has 0 aliphatic rings. The predicted molar refractivity (Wildman–Crippen MR) is 123 cm³/mol. The van der Waals surface area contributed by atoms with E-state index in [2.05, 4.69) is 5.32 Å². The molecule has 180 valence electrons. The van der Waals surface area contributed by atoms with Gasteiger partial charge in [-0.05, 0) is 48.6 Å². The highest BCUT2D eigenvalue weighted by Gasteiger charge is 2.23. The van der Waals surface area contributed by atoms with Gasteiger partial charge in [-0.15, -0.1) is 11.3 Å². The highest BCUT2D eigenvalue weighted by molar-refractivity contribution is 7.10. The Kier molecular flexibility index (Phi) is 10.8. The highest BCUT2D eigenvalue weighted by Crippen LogP contribution is 2.20. The lowest BCUT2D eigenvalue weighted by Crippen LogP contribution is -2.48. The standard InChI is InChI=1S/C23H30FN3O5S/c1-4-32-22(29)13-25-23(30)26(10-11-31-3)16-21(28)27(15-20-17(2)9-12-33-20)14-18-5-7-19(24)8-6-18/h5-9,12H,4,10-11,13-16H2,1-3H3,(H,25,30). The number of hydrogen-bond donors (Lipinski definition) is 1. The Bertz CT molecular complexity index is 919. The number of benzene rings is 1. The summed E-state index contributed by atoms with van der Waals surface area (Å²) in [5.41, 5.74) is 1.84. The van der Waals surface area contributed by atoms with Crippen LogP contribution in [0.25, 0.3) is 0 Å².